The lowest BCUT2D eigenvalue weighted by Gasteiger charge is -2.40. The maximum absolute atomic E-state index is 9.36. The summed E-state index contributed by atoms with van der Waals surface area (Å²) < 4.78 is 1.13. The van der Waals surface area contributed by atoms with E-state index in [1.54, 1.807) is 0 Å². The SMILES string of the molecule is OCC1(Cc2cccc(Br)c2)CCC1. The van der Waals surface area contributed by atoms with Gasteiger partial charge in [-0.15, -0.1) is 0 Å². The monoisotopic (exact) mass is 254 g/mol. The van der Waals surface area contributed by atoms with Crippen LogP contribution in [0.5, 0.6) is 0 Å². The second-order valence-electron chi connectivity index (χ2n) is 4.32. The van der Waals surface area contributed by atoms with Gasteiger partial charge in [0.05, 0.1) is 0 Å². The van der Waals surface area contributed by atoms with Crippen LogP contribution in [0.1, 0.15) is 24.8 Å². The van der Waals surface area contributed by atoms with Crippen molar-refractivity contribution in [2.45, 2.75) is 25.7 Å². The zero-order chi connectivity index (χ0) is 10.0. The van der Waals surface area contributed by atoms with Gasteiger partial charge in [-0.3, -0.25) is 0 Å². The average Bonchev–Trinajstić information content (AvgIpc) is 2.11. The van der Waals surface area contributed by atoms with Crippen LogP contribution in [-0.2, 0) is 6.42 Å². The van der Waals surface area contributed by atoms with Gasteiger partial charge in [-0.2, -0.15) is 0 Å². The molecule has 1 saturated carbocycles. The normalized spacial score (nSPS) is 19.0. The third-order valence-electron chi connectivity index (χ3n) is 3.22. The summed E-state index contributed by atoms with van der Waals surface area (Å²) in [4.78, 5) is 0. The van der Waals surface area contributed by atoms with Crippen LogP contribution < -0.4 is 0 Å². The first kappa shape index (κ1) is 10.2. The fourth-order valence-electron chi connectivity index (χ4n) is 2.15. The quantitative estimate of drug-likeness (QED) is 0.879. The molecule has 0 bridgehead atoms. The van der Waals surface area contributed by atoms with Gasteiger partial charge >= 0.3 is 0 Å². The van der Waals surface area contributed by atoms with Crippen LogP contribution in [0.2, 0.25) is 0 Å². The van der Waals surface area contributed by atoms with Crippen molar-refractivity contribution in [3.05, 3.63) is 34.3 Å². The third kappa shape index (κ3) is 2.01. The largest absolute Gasteiger partial charge is 0.396 e. The van der Waals surface area contributed by atoms with Crippen molar-refractivity contribution in [1.82, 2.24) is 0 Å². The predicted molar refractivity (Wildman–Crippen MR) is 61.2 cm³/mol. The maximum Gasteiger partial charge on any atom is 0.0490 e. The Hall–Kier alpha value is -0.340. The highest BCUT2D eigenvalue weighted by atomic mass is 79.9. The van der Waals surface area contributed by atoms with Crippen molar-refractivity contribution in [3.8, 4) is 0 Å². The third-order valence-corrected chi connectivity index (χ3v) is 3.71. The number of aliphatic hydroxyl groups excluding tert-OH is 1. The van der Waals surface area contributed by atoms with Crippen molar-refractivity contribution in [2.24, 2.45) is 5.41 Å². The van der Waals surface area contributed by atoms with Crippen molar-refractivity contribution in [3.63, 3.8) is 0 Å². The van der Waals surface area contributed by atoms with Gasteiger partial charge in [-0.25, -0.2) is 0 Å². The summed E-state index contributed by atoms with van der Waals surface area (Å²) >= 11 is 3.47. The highest BCUT2D eigenvalue weighted by molar-refractivity contribution is 9.10. The fourth-order valence-corrected chi connectivity index (χ4v) is 2.59. The molecule has 0 aliphatic heterocycles. The summed E-state index contributed by atoms with van der Waals surface area (Å²) in [6.45, 7) is 0.333. The van der Waals surface area contributed by atoms with Gasteiger partial charge in [0, 0.05) is 11.1 Å². The van der Waals surface area contributed by atoms with Gasteiger partial charge < -0.3 is 5.11 Å². The van der Waals surface area contributed by atoms with E-state index in [9.17, 15) is 5.11 Å². The first-order chi connectivity index (χ1) is 6.74. The van der Waals surface area contributed by atoms with E-state index in [2.05, 4.69) is 34.1 Å². The lowest BCUT2D eigenvalue weighted by molar-refractivity contribution is 0.0450. The Labute approximate surface area is 93.3 Å². The minimum Gasteiger partial charge on any atom is -0.396 e. The maximum atomic E-state index is 9.36. The molecular weight excluding hydrogens is 240 g/mol. The molecule has 1 N–H and O–H groups in total. The molecule has 1 aliphatic rings. The molecule has 76 valence electrons. The van der Waals surface area contributed by atoms with Gasteiger partial charge in [0.1, 0.15) is 0 Å². The van der Waals surface area contributed by atoms with E-state index in [1.807, 2.05) is 6.07 Å². The molecule has 2 rings (SSSR count). The van der Waals surface area contributed by atoms with Crippen molar-refractivity contribution in [2.75, 3.05) is 6.61 Å². The molecule has 2 heteroatoms. The standard InChI is InChI=1S/C12H15BrO/c13-11-4-1-3-10(7-11)8-12(9-14)5-2-6-12/h1,3-4,7,14H,2,5-6,8-9H2. The number of halogens is 1. The van der Waals surface area contributed by atoms with Crippen LogP contribution >= 0.6 is 15.9 Å². The Bertz CT molecular complexity index is 312. The number of hydrogen-bond donors (Lipinski definition) is 1. The Morgan fingerprint density at radius 2 is 2.14 bits per heavy atom. The van der Waals surface area contributed by atoms with Crippen LogP contribution in [0.4, 0.5) is 0 Å². The van der Waals surface area contributed by atoms with E-state index in [-0.39, 0.29) is 5.41 Å². The summed E-state index contributed by atoms with van der Waals surface area (Å²) in [5.41, 5.74) is 1.52. The number of hydrogen-bond acceptors (Lipinski definition) is 1. The van der Waals surface area contributed by atoms with Gasteiger partial charge in [0.25, 0.3) is 0 Å². The molecule has 0 saturated heterocycles. The molecule has 1 nitrogen and oxygen atoms in total. The second-order valence-corrected chi connectivity index (χ2v) is 5.23. The number of rotatable bonds is 3. The average molecular weight is 255 g/mol. The van der Waals surface area contributed by atoms with Crippen molar-refractivity contribution >= 4 is 15.9 Å². The molecule has 0 atom stereocenters. The number of aliphatic hydroxyl groups is 1. The van der Waals surface area contributed by atoms with Gasteiger partial charge in [-0.1, -0.05) is 34.5 Å². The molecule has 1 aromatic carbocycles. The molecule has 0 unspecified atom stereocenters. The van der Waals surface area contributed by atoms with E-state index in [0.29, 0.717) is 6.61 Å². The minimum atomic E-state index is 0.195. The van der Waals surface area contributed by atoms with Crippen molar-refractivity contribution < 1.29 is 5.11 Å². The Kier molecular flexibility index (Phi) is 2.93. The van der Waals surface area contributed by atoms with Gasteiger partial charge in [0.2, 0.25) is 0 Å². The van der Waals surface area contributed by atoms with E-state index in [0.717, 1.165) is 10.9 Å². The molecule has 0 heterocycles. The summed E-state index contributed by atoms with van der Waals surface area (Å²) in [6.07, 6.45) is 4.64. The van der Waals surface area contributed by atoms with Crippen LogP contribution in [-0.4, -0.2) is 11.7 Å². The van der Waals surface area contributed by atoms with Gasteiger partial charge in [-0.05, 0) is 42.4 Å². The predicted octanol–water partition coefficient (Wildman–Crippen LogP) is 3.15. The molecule has 0 amide bonds. The second kappa shape index (κ2) is 4.03. The zero-order valence-corrected chi connectivity index (χ0v) is 9.76. The fraction of sp³-hybridized carbons (Fsp3) is 0.500. The van der Waals surface area contributed by atoms with Crippen LogP contribution in [0.3, 0.4) is 0 Å². The molecular formula is C12H15BrO. The van der Waals surface area contributed by atoms with E-state index >= 15 is 0 Å². The zero-order valence-electron chi connectivity index (χ0n) is 8.17. The molecule has 0 aromatic heterocycles. The highest BCUT2D eigenvalue weighted by Crippen LogP contribution is 2.43. The van der Waals surface area contributed by atoms with Crippen LogP contribution in [0.15, 0.2) is 28.7 Å². The molecule has 0 spiro atoms. The summed E-state index contributed by atoms with van der Waals surface area (Å²) in [5.74, 6) is 0. The lowest BCUT2D eigenvalue weighted by atomic mass is 9.66. The first-order valence-corrected chi connectivity index (χ1v) is 5.89. The number of benzene rings is 1. The Balaban J connectivity index is 2.09. The lowest BCUT2D eigenvalue weighted by Crippen LogP contribution is -2.35. The molecule has 0 radical (unpaired) electrons. The smallest absolute Gasteiger partial charge is 0.0490 e. The van der Waals surface area contributed by atoms with E-state index in [1.165, 1.54) is 24.8 Å². The van der Waals surface area contributed by atoms with E-state index < -0.39 is 0 Å². The Morgan fingerprint density at radius 1 is 1.36 bits per heavy atom. The van der Waals surface area contributed by atoms with Crippen LogP contribution in [0.25, 0.3) is 0 Å². The minimum absolute atomic E-state index is 0.195. The van der Waals surface area contributed by atoms with Crippen molar-refractivity contribution in [1.29, 1.82) is 0 Å². The van der Waals surface area contributed by atoms with Gasteiger partial charge in [0.15, 0.2) is 0 Å². The molecule has 1 aliphatic carbocycles. The Morgan fingerprint density at radius 3 is 2.64 bits per heavy atom. The van der Waals surface area contributed by atoms with E-state index in [4.69, 9.17) is 0 Å². The first-order valence-electron chi connectivity index (χ1n) is 5.09. The highest BCUT2D eigenvalue weighted by Gasteiger charge is 2.36. The molecule has 1 fully saturated rings. The topological polar surface area (TPSA) is 20.2 Å². The van der Waals surface area contributed by atoms with Crippen LogP contribution in [0, 0.1) is 5.41 Å². The molecule has 1 aromatic rings. The molecule has 14 heavy (non-hydrogen) atoms. The summed E-state index contributed by atoms with van der Waals surface area (Å²) in [5, 5.41) is 9.36. The summed E-state index contributed by atoms with van der Waals surface area (Å²) in [6, 6.07) is 8.38. The summed E-state index contributed by atoms with van der Waals surface area (Å²) in [7, 11) is 0.